The van der Waals surface area contributed by atoms with E-state index in [-0.39, 0.29) is 23.1 Å². The second-order valence-electron chi connectivity index (χ2n) is 6.62. The lowest BCUT2D eigenvalue weighted by Crippen LogP contribution is -2.44. The van der Waals surface area contributed by atoms with E-state index >= 15 is 0 Å². The first-order valence-corrected chi connectivity index (χ1v) is 6.90. The lowest BCUT2D eigenvalue weighted by molar-refractivity contribution is -0.141. The maximum atomic E-state index is 11.4. The second-order valence-corrected chi connectivity index (χ2v) is 6.62. The number of ether oxygens (including phenoxy) is 2. The standard InChI is InChI=1S/C14H25NO3/c1-13(2)9-11(14(3,4)18-13)15-7-5-10-6-8-17-12(10)16/h10-11,15H,5-9H2,1-4H3/t10-,11-/m1/s1. The fourth-order valence-corrected chi connectivity index (χ4v) is 3.11. The van der Waals surface area contributed by atoms with Crippen LogP contribution in [0.3, 0.4) is 0 Å². The van der Waals surface area contributed by atoms with Gasteiger partial charge in [0.1, 0.15) is 0 Å². The van der Waals surface area contributed by atoms with Crippen LogP contribution >= 0.6 is 0 Å². The van der Waals surface area contributed by atoms with Crippen molar-refractivity contribution in [3.05, 3.63) is 0 Å². The molecule has 0 aromatic heterocycles. The Morgan fingerprint density at radius 2 is 2.06 bits per heavy atom. The molecular weight excluding hydrogens is 230 g/mol. The van der Waals surface area contributed by atoms with Gasteiger partial charge in [0.05, 0.1) is 23.7 Å². The SMILES string of the molecule is CC1(C)C[C@@H](NCC[C@@H]2CCOC2=O)C(C)(C)O1. The van der Waals surface area contributed by atoms with Gasteiger partial charge in [-0.2, -0.15) is 0 Å². The van der Waals surface area contributed by atoms with Gasteiger partial charge in [0, 0.05) is 6.04 Å². The van der Waals surface area contributed by atoms with E-state index in [9.17, 15) is 4.79 Å². The molecule has 104 valence electrons. The molecule has 2 aliphatic rings. The molecule has 0 aliphatic carbocycles. The highest BCUT2D eigenvalue weighted by Gasteiger charge is 2.45. The smallest absolute Gasteiger partial charge is 0.309 e. The Kier molecular flexibility index (Phi) is 3.70. The molecule has 0 unspecified atom stereocenters. The third-order valence-corrected chi connectivity index (χ3v) is 4.00. The van der Waals surface area contributed by atoms with Crippen LogP contribution in [0.1, 0.15) is 47.0 Å². The monoisotopic (exact) mass is 255 g/mol. The topological polar surface area (TPSA) is 47.6 Å². The van der Waals surface area contributed by atoms with Gasteiger partial charge in [0.2, 0.25) is 0 Å². The molecule has 0 saturated carbocycles. The van der Waals surface area contributed by atoms with Crippen LogP contribution in [0.4, 0.5) is 0 Å². The fourth-order valence-electron chi connectivity index (χ4n) is 3.11. The molecule has 4 heteroatoms. The molecular formula is C14H25NO3. The zero-order chi connectivity index (χ0) is 13.4. The van der Waals surface area contributed by atoms with Crippen molar-refractivity contribution in [2.75, 3.05) is 13.2 Å². The first-order chi connectivity index (χ1) is 8.30. The van der Waals surface area contributed by atoms with Gasteiger partial charge in [0.15, 0.2) is 0 Å². The zero-order valence-electron chi connectivity index (χ0n) is 11.9. The van der Waals surface area contributed by atoms with Gasteiger partial charge >= 0.3 is 5.97 Å². The minimum Gasteiger partial charge on any atom is -0.465 e. The highest BCUT2D eigenvalue weighted by Crippen LogP contribution is 2.37. The van der Waals surface area contributed by atoms with Crippen LogP contribution in [-0.4, -0.2) is 36.4 Å². The van der Waals surface area contributed by atoms with E-state index in [1.807, 2.05) is 0 Å². The molecule has 18 heavy (non-hydrogen) atoms. The lowest BCUT2D eigenvalue weighted by atomic mass is 9.94. The minimum absolute atomic E-state index is 0.0286. The highest BCUT2D eigenvalue weighted by atomic mass is 16.5. The van der Waals surface area contributed by atoms with E-state index in [1.54, 1.807) is 0 Å². The van der Waals surface area contributed by atoms with Crippen LogP contribution in [0, 0.1) is 5.92 Å². The van der Waals surface area contributed by atoms with Crippen LogP contribution in [0.25, 0.3) is 0 Å². The van der Waals surface area contributed by atoms with Crippen LogP contribution in [0.2, 0.25) is 0 Å². The van der Waals surface area contributed by atoms with Crippen molar-refractivity contribution >= 4 is 5.97 Å². The summed E-state index contributed by atoms with van der Waals surface area (Å²) in [6.07, 6.45) is 2.75. The van der Waals surface area contributed by atoms with Crippen molar-refractivity contribution in [3.8, 4) is 0 Å². The average molecular weight is 255 g/mol. The Hall–Kier alpha value is -0.610. The number of hydrogen-bond donors (Lipinski definition) is 1. The number of esters is 1. The molecule has 0 aromatic carbocycles. The average Bonchev–Trinajstić information content (AvgIpc) is 2.69. The molecule has 1 N–H and O–H groups in total. The third-order valence-electron chi connectivity index (χ3n) is 4.00. The van der Waals surface area contributed by atoms with Crippen LogP contribution in [-0.2, 0) is 14.3 Å². The second kappa shape index (κ2) is 4.82. The van der Waals surface area contributed by atoms with Gasteiger partial charge in [-0.25, -0.2) is 0 Å². The molecule has 0 amide bonds. The molecule has 4 nitrogen and oxygen atoms in total. The van der Waals surface area contributed by atoms with Crippen molar-refractivity contribution < 1.29 is 14.3 Å². The summed E-state index contributed by atoms with van der Waals surface area (Å²) in [5.41, 5.74) is -0.201. The maximum Gasteiger partial charge on any atom is 0.309 e. The molecule has 0 radical (unpaired) electrons. The number of rotatable bonds is 4. The van der Waals surface area contributed by atoms with Crippen LogP contribution in [0.5, 0.6) is 0 Å². The molecule has 2 heterocycles. The molecule has 0 bridgehead atoms. The van der Waals surface area contributed by atoms with E-state index in [1.165, 1.54) is 0 Å². The summed E-state index contributed by atoms with van der Waals surface area (Å²) in [6, 6.07) is 0.352. The van der Waals surface area contributed by atoms with Gasteiger partial charge in [-0.3, -0.25) is 4.79 Å². The van der Waals surface area contributed by atoms with Gasteiger partial charge in [0.25, 0.3) is 0 Å². The predicted molar refractivity (Wildman–Crippen MR) is 69.3 cm³/mol. The minimum atomic E-state index is -0.139. The van der Waals surface area contributed by atoms with Gasteiger partial charge in [-0.05, 0) is 53.5 Å². The number of nitrogens with one attached hydrogen (secondary N) is 1. The molecule has 0 aromatic rings. The van der Waals surface area contributed by atoms with E-state index in [0.29, 0.717) is 12.6 Å². The van der Waals surface area contributed by atoms with Crippen LogP contribution in [0.15, 0.2) is 0 Å². The lowest BCUT2D eigenvalue weighted by Gasteiger charge is -2.28. The van der Waals surface area contributed by atoms with Gasteiger partial charge in [-0.15, -0.1) is 0 Å². The Morgan fingerprint density at radius 3 is 2.56 bits per heavy atom. The molecule has 2 fully saturated rings. The van der Waals surface area contributed by atoms with Crippen molar-refractivity contribution in [3.63, 3.8) is 0 Å². The Bertz CT molecular complexity index is 325. The number of hydrogen-bond acceptors (Lipinski definition) is 4. The molecule has 0 spiro atoms. The van der Waals surface area contributed by atoms with Crippen molar-refractivity contribution in [2.24, 2.45) is 5.92 Å². The Balaban J connectivity index is 1.78. The normalized spacial score (nSPS) is 33.7. The van der Waals surface area contributed by atoms with Crippen molar-refractivity contribution in [1.82, 2.24) is 5.32 Å². The van der Waals surface area contributed by atoms with Gasteiger partial charge in [-0.1, -0.05) is 0 Å². The number of carbonyl (C=O) groups excluding carboxylic acids is 1. The van der Waals surface area contributed by atoms with Crippen molar-refractivity contribution in [2.45, 2.75) is 64.2 Å². The summed E-state index contributed by atoms with van der Waals surface area (Å²) < 4.78 is 11.0. The zero-order valence-corrected chi connectivity index (χ0v) is 11.9. The quantitative estimate of drug-likeness (QED) is 0.779. The first-order valence-electron chi connectivity index (χ1n) is 6.90. The highest BCUT2D eigenvalue weighted by molar-refractivity contribution is 5.74. The first kappa shape index (κ1) is 13.8. The summed E-state index contributed by atoms with van der Waals surface area (Å²) in [5, 5.41) is 3.54. The summed E-state index contributed by atoms with van der Waals surface area (Å²) in [7, 11) is 0. The maximum absolute atomic E-state index is 11.4. The van der Waals surface area contributed by atoms with E-state index in [0.717, 1.165) is 25.8 Å². The number of cyclic esters (lactones) is 1. The van der Waals surface area contributed by atoms with E-state index < -0.39 is 0 Å². The summed E-state index contributed by atoms with van der Waals surface area (Å²) in [6.45, 7) is 9.96. The van der Waals surface area contributed by atoms with Crippen molar-refractivity contribution in [1.29, 1.82) is 0 Å². The Morgan fingerprint density at radius 1 is 1.33 bits per heavy atom. The van der Waals surface area contributed by atoms with Crippen LogP contribution < -0.4 is 5.32 Å². The molecule has 2 rings (SSSR count). The summed E-state index contributed by atoms with van der Waals surface area (Å²) >= 11 is 0. The Labute approximate surface area is 109 Å². The van der Waals surface area contributed by atoms with Gasteiger partial charge < -0.3 is 14.8 Å². The van der Waals surface area contributed by atoms with E-state index in [2.05, 4.69) is 33.0 Å². The molecule has 2 saturated heterocycles. The third kappa shape index (κ3) is 3.04. The predicted octanol–water partition coefficient (Wildman–Crippen LogP) is 1.88. The number of carbonyl (C=O) groups is 1. The van der Waals surface area contributed by atoms with E-state index in [4.69, 9.17) is 9.47 Å². The fraction of sp³-hybridized carbons (Fsp3) is 0.929. The summed E-state index contributed by atoms with van der Waals surface area (Å²) in [4.78, 5) is 11.4. The largest absolute Gasteiger partial charge is 0.465 e. The summed E-state index contributed by atoms with van der Waals surface area (Å²) in [5.74, 6) is 0.0648. The molecule has 2 atom stereocenters. The molecule has 2 aliphatic heterocycles.